The lowest BCUT2D eigenvalue weighted by atomic mass is 10.1. The molecule has 2 aliphatic rings. The maximum Gasteiger partial charge on any atom is 0.510 e. The largest absolute Gasteiger partial charge is 0.510 e. The Morgan fingerprint density at radius 1 is 1.02 bits per heavy atom. The second-order valence-electron chi connectivity index (χ2n) is 11.7. The van der Waals surface area contributed by atoms with Crippen LogP contribution in [0.4, 0.5) is 15.4 Å². The normalized spacial score (nSPS) is 22.8. The van der Waals surface area contributed by atoms with E-state index < -0.39 is 90.2 Å². The summed E-state index contributed by atoms with van der Waals surface area (Å²) in [5, 5.41) is 29.0. The summed E-state index contributed by atoms with van der Waals surface area (Å²) in [5.74, 6) is -0.940. The van der Waals surface area contributed by atoms with Crippen LogP contribution in [0.15, 0.2) is 6.20 Å². The van der Waals surface area contributed by atoms with Crippen LogP contribution in [0.3, 0.4) is 0 Å². The quantitative estimate of drug-likeness (QED) is 0.108. The fraction of sp³-hybridized carbons (Fsp3) is 0.731. The lowest BCUT2D eigenvalue weighted by Crippen LogP contribution is -2.33. The van der Waals surface area contributed by atoms with E-state index >= 15 is 0 Å². The molecule has 3 heterocycles. The van der Waals surface area contributed by atoms with E-state index in [0.717, 1.165) is 25.7 Å². The van der Waals surface area contributed by atoms with Gasteiger partial charge < -0.3 is 48.6 Å². The standard InChI is InChI=1S/C26H40ClN5O15P2/c1-14(2)45-25(35)40-11-43-49(39,44-12-41-26(36)46-15(3)4)13-48(37,38)42-10-18-19(33)20(34)21(47-18)17-9-28-23-22(29-16-7-5-6-8-16)30-24(27)31-32(17)23/h9,14-16,18-21,33-34H,5-8,10-13H2,1-4H3,(H,37,38)(H,29,30,31)/t18-,19?,20?,21+/m1/s1. The van der Waals surface area contributed by atoms with Gasteiger partial charge in [-0.2, -0.15) is 4.98 Å². The van der Waals surface area contributed by atoms with Crippen molar-refractivity contribution in [1.29, 1.82) is 0 Å². The van der Waals surface area contributed by atoms with Crippen molar-refractivity contribution in [1.82, 2.24) is 19.6 Å². The highest BCUT2D eigenvalue weighted by Crippen LogP contribution is 2.61. The molecule has 0 aromatic carbocycles. The number of ether oxygens (including phenoxy) is 5. The number of rotatable bonds is 16. The Morgan fingerprint density at radius 3 is 2.18 bits per heavy atom. The number of anilines is 1. The van der Waals surface area contributed by atoms with Gasteiger partial charge in [0, 0.05) is 6.04 Å². The summed E-state index contributed by atoms with van der Waals surface area (Å²) in [4.78, 5) is 42.5. The molecule has 0 spiro atoms. The number of aliphatic hydroxyl groups is 2. The second-order valence-corrected chi connectivity index (χ2v) is 16.4. The van der Waals surface area contributed by atoms with E-state index in [4.69, 9.17) is 39.4 Å². The summed E-state index contributed by atoms with van der Waals surface area (Å²) >= 11 is 6.18. The Bertz CT molecular complexity index is 1510. The van der Waals surface area contributed by atoms with Crippen molar-refractivity contribution in [3.05, 3.63) is 17.2 Å². The molecule has 1 saturated carbocycles. The molecule has 276 valence electrons. The van der Waals surface area contributed by atoms with Gasteiger partial charge in [0.1, 0.15) is 24.4 Å². The third-order valence-corrected chi connectivity index (χ3v) is 11.5. The van der Waals surface area contributed by atoms with Gasteiger partial charge in [-0.25, -0.2) is 19.1 Å². The molecule has 1 aliphatic carbocycles. The van der Waals surface area contributed by atoms with Crippen LogP contribution in [0.25, 0.3) is 5.65 Å². The summed E-state index contributed by atoms with van der Waals surface area (Å²) < 4.78 is 67.4. The summed E-state index contributed by atoms with van der Waals surface area (Å²) in [5.41, 5.74) is 0.503. The molecule has 3 unspecified atom stereocenters. The number of carbonyl (C=O) groups excluding carboxylic acids is 2. The third-order valence-electron chi connectivity index (χ3n) is 7.02. The van der Waals surface area contributed by atoms with E-state index in [-0.39, 0.29) is 17.0 Å². The van der Waals surface area contributed by atoms with E-state index in [1.165, 1.54) is 10.7 Å². The van der Waals surface area contributed by atoms with Gasteiger partial charge in [0.25, 0.3) is 0 Å². The van der Waals surface area contributed by atoms with Gasteiger partial charge in [0.05, 0.1) is 30.7 Å². The van der Waals surface area contributed by atoms with Gasteiger partial charge in [-0.15, -0.1) is 5.10 Å². The van der Waals surface area contributed by atoms with E-state index in [1.807, 2.05) is 0 Å². The predicted molar refractivity (Wildman–Crippen MR) is 167 cm³/mol. The first kappa shape index (κ1) is 39.2. The molecule has 5 atom stereocenters. The summed E-state index contributed by atoms with van der Waals surface area (Å²) in [6, 6.07) is 0.176. The number of hydrogen-bond acceptors (Lipinski definition) is 18. The van der Waals surface area contributed by atoms with Crippen LogP contribution in [0, 0.1) is 0 Å². The van der Waals surface area contributed by atoms with E-state index in [2.05, 4.69) is 29.9 Å². The van der Waals surface area contributed by atoms with Crippen LogP contribution in [0.2, 0.25) is 5.28 Å². The van der Waals surface area contributed by atoms with Crippen LogP contribution in [0.1, 0.15) is 65.2 Å². The highest BCUT2D eigenvalue weighted by atomic mass is 35.5. The zero-order valence-corrected chi connectivity index (χ0v) is 29.6. The molecule has 1 aliphatic heterocycles. The van der Waals surface area contributed by atoms with Crippen molar-refractivity contribution in [2.24, 2.45) is 0 Å². The van der Waals surface area contributed by atoms with Gasteiger partial charge >= 0.3 is 27.5 Å². The van der Waals surface area contributed by atoms with Crippen molar-refractivity contribution in [3.63, 3.8) is 0 Å². The van der Waals surface area contributed by atoms with Gasteiger partial charge in [-0.1, -0.05) is 12.8 Å². The first-order valence-corrected chi connectivity index (χ1v) is 19.1. The fourth-order valence-electron chi connectivity index (χ4n) is 4.89. The van der Waals surface area contributed by atoms with Crippen molar-refractivity contribution in [3.8, 4) is 0 Å². The van der Waals surface area contributed by atoms with Crippen molar-refractivity contribution in [2.45, 2.75) is 96.0 Å². The fourth-order valence-corrected chi connectivity index (χ4v) is 8.66. The van der Waals surface area contributed by atoms with E-state index in [9.17, 15) is 33.8 Å². The Hall–Kier alpha value is -2.64. The summed E-state index contributed by atoms with van der Waals surface area (Å²) in [6.45, 7) is 3.32. The highest BCUT2D eigenvalue weighted by Gasteiger charge is 2.47. The Morgan fingerprint density at radius 2 is 1.61 bits per heavy atom. The number of aromatic nitrogens is 4. The number of aliphatic hydroxyl groups excluding tert-OH is 2. The number of nitrogens with zero attached hydrogens (tertiary/aromatic N) is 4. The number of halogens is 1. The first-order valence-electron chi connectivity index (χ1n) is 15.3. The lowest BCUT2D eigenvalue weighted by molar-refractivity contribution is -0.0300. The molecular formula is C26H40ClN5O15P2. The SMILES string of the molecule is CC(C)OC(=O)OCOP(=O)(CP(=O)(O)OC[C@H]1O[C@@H](c2cnc3c(NC4CCCC4)nc(Cl)nn23)C(O)C1O)OCOC(=O)OC(C)C. The van der Waals surface area contributed by atoms with Crippen LogP contribution in [0.5, 0.6) is 0 Å². The molecule has 0 amide bonds. The molecule has 4 rings (SSSR count). The summed E-state index contributed by atoms with van der Waals surface area (Å²) in [6.07, 6.45) is -3.87. The first-order chi connectivity index (χ1) is 23.1. The molecule has 4 N–H and O–H groups in total. The van der Waals surface area contributed by atoms with Crippen LogP contribution >= 0.6 is 26.8 Å². The second kappa shape index (κ2) is 17.0. The zero-order valence-electron chi connectivity index (χ0n) is 27.1. The van der Waals surface area contributed by atoms with E-state index in [1.54, 1.807) is 27.7 Å². The van der Waals surface area contributed by atoms with Crippen molar-refractivity contribution in [2.75, 3.05) is 31.4 Å². The molecule has 23 heteroatoms. The Kier molecular flexibility index (Phi) is 13.6. The molecule has 20 nitrogen and oxygen atoms in total. The molecule has 0 radical (unpaired) electrons. The molecule has 2 aromatic heterocycles. The van der Waals surface area contributed by atoms with E-state index in [0.29, 0.717) is 11.5 Å². The average molecular weight is 760 g/mol. The van der Waals surface area contributed by atoms with Crippen molar-refractivity contribution >= 4 is 50.6 Å². The third kappa shape index (κ3) is 11.2. The minimum absolute atomic E-state index is 0.111. The lowest BCUT2D eigenvalue weighted by Gasteiger charge is -2.22. The highest BCUT2D eigenvalue weighted by molar-refractivity contribution is 7.70. The Balaban J connectivity index is 1.41. The van der Waals surface area contributed by atoms with Gasteiger partial charge in [0.2, 0.25) is 18.9 Å². The molecule has 0 bridgehead atoms. The number of carbonyl (C=O) groups is 2. The summed E-state index contributed by atoms with van der Waals surface area (Å²) in [7, 11) is -9.64. The van der Waals surface area contributed by atoms with Gasteiger partial charge in [-0.05, 0) is 52.1 Å². The van der Waals surface area contributed by atoms with Crippen LogP contribution in [-0.2, 0) is 46.4 Å². The van der Waals surface area contributed by atoms with Crippen LogP contribution < -0.4 is 5.32 Å². The maximum atomic E-state index is 13.4. The monoisotopic (exact) mass is 759 g/mol. The number of hydrogen-bond donors (Lipinski definition) is 4. The van der Waals surface area contributed by atoms with Crippen LogP contribution in [-0.4, -0.2) is 110 Å². The minimum Gasteiger partial charge on any atom is -0.432 e. The number of imidazole rings is 1. The molecule has 2 fully saturated rings. The average Bonchev–Trinajstić information content (AvgIpc) is 3.71. The minimum atomic E-state index is -4.93. The number of nitrogens with one attached hydrogen (secondary N) is 1. The maximum absolute atomic E-state index is 13.4. The van der Waals surface area contributed by atoms with Gasteiger partial charge in [0.15, 0.2) is 17.4 Å². The molecular weight excluding hydrogens is 720 g/mol. The molecule has 1 saturated heterocycles. The smallest absolute Gasteiger partial charge is 0.432 e. The topological polar surface area (TPSA) is 258 Å². The van der Waals surface area contributed by atoms with Crippen molar-refractivity contribution < 1.29 is 71.1 Å². The zero-order chi connectivity index (χ0) is 35.9. The predicted octanol–water partition coefficient (Wildman–Crippen LogP) is 3.72. The molecule has 49 heavy (non-hydrogen) atoms. The molecule has 2 aromatic rings. The Labute approximate surface area is 285 Å². The van der Waals surface area contributed by atoms with Gasteiger partial charge in [-0.3, -0.25) is 18.2 Å². The number of fused-ring (bicyclic) bond motifs is 1.